The van der Waals surface area contributed by atoms with Crippen LogP contribution in [0.15, 0.2) is 0 Å². The number of hydrogen-bond acceptors (Lipinski definition) is 3. The number of carbonyl (C=O) groups excluding carboxylic acids is 3. The average Bonchev–Trinajstić information content (AvgIpc) is 1.81. The fourth-order valence-electron chi connectivity index (χ4n) is 0. The number of hydrogen-bond donors (Lipinski definition) is 0. The Kier molecular flexibility index (Phi) is 9920. The van der Waals surface area contributed by atoms with Gasteiger partial charge < -0.3 is 38.4 Å². The van der Waals surface area contributed by atoms with E-state index in [0.717, 1.165) is 0 Å². The maximum absolute atomic E-state index is 8.00. The minimum atomic E-state index is 0. The van der Waals surface area contributed by atoms with E-state index < -0.39 is 0 Å². The maximum atomic E-state index is 8.00. The molecule has 3 nitrogen and oxygen atoms in total. The Balaban J connectivity index is -0.00000000500. The fourth-order valence-corrected chi connectivity index (χ4v) is 0. The van der Waals surface area contributed by atoms with Crippen LogP contribution in [-0.2, 0) is 34.5 Å². The molecule has 5 heteroatoms. The number of halogens is 1. The zero-order valence-electron chi connectivity index (χ0n) is 4.06. The molecule has 0 N–H and O–H groups in total. The van der Waals surface area contributed by atoms with Crippen molar-refractivity contribution >= 4 is 20.4 Å². The van der Waals surface area contributed by atoms with E-state index in [9.17, 15) is 0 Å². The Morgan fingerprint density at radius 2 is 0.625 bits per heavy atom. The van der Waals surface area contributed by atoms with E-state index in [1.54, 1.807) is 0 Å². The Morgan fingerprint density at radius 3 is 0.625 bits per heavy atom. The molecule has 0 amide bonds. The second-order valence-corrected chi connectivity index (χ2v) is 0. The molecule has 8 heavy (non-hydrogen) atoms. The Hall–Kier alpha value is 0.389. The molecule has 1 radical (unpaired) electrons. The predicted octanol–water partition coefficient (Wildman–Crippen LogP) is -3.55. The van der Waals surface area contributed by atoms with Gasteiger partial charge in [-0.15, -0.1) is 0 Å². The van der Waals surface area contributed by atoms with Crippen molar-refractivity contribution in [2.45, 2.75) is 0 Å². The molecule has 0 fully saturated rings. The van der Waals surface area contributed by atoms with E-state index in [4.69, 9.17) is 14.4 Å². The van der Waals surface area contributed by atoms with Gasteiger partial charge in [0.15, 0.2) is 0 Å². The first-order valence-corrected chi connectivity index (χ1v) is 0.866. The van der Waals surface area contributed by atoms with E-state index in [2.05, 4.69) is 0 Å². The summed E-state index contributed by atoms with van der Waals surface area (Å²) in [5, 5.41) is 0. The SMILES string of the molecule is C=O.C=O.C=O.[I-].[Ir]. The van der Waals surface area contributed by atoms with E-state index in [-0.39, 0.29) is 44.1 Å². The third kappa shape index (κ3) is 1220. The van der Waals surface area contributed by atoms with Gasteiger partial charge in [-0.3, -0.25) is 0 Å². The zero-order valence-corrected chi connectivity index (χ0v) is 8.61. The Bertz CT molecular complexity index is 19.2. The van der Waals surface area contributed by atoms with Gasteiger partial charge in [-0.2, -0.15) is 0 Å². The molecule has 0 saturated carbocycles. The van der Waals surface area contributed by atoms with Crippen LogP contribution in [-0.4, -0.2) is 20.4 Å². The first-order valence-electron chi connectivity index (χ1n) is 0.866. The van der Waals surface area contributed by atoms with Gasteiger partial charge in [0, 0.05) is 20.1 Å². The monoisotopic (exact) mass is 410 g/mol. The summed E-state index contributed by atoms with van der Waals surface area (Å²) in [6, 6.07) is 0. The molecule has 0 unspecified atom stereocenters. The smallest absolute Gasteiger partial charge is 0.106 e. The molecule has 0 rings (SSSR count). The van der Waals surface area contributed by atoms with Crippen LogP contribution >= 0.6 is 0 Å². The van der Waals surface area contributed by atoms with Crippen molar-refractivity contribution in [3.8, 4) is 0 Å². The molecule has 0 aliphatic rings. The summed E-state index contributed by atoms with van der Waals surface area (Å²) < 4.78 is 0. The van der Waals surface area contributed by atoms with Crippen molar-refractivity contribution in [2.75, 3.05) is 0 Å². The van der Waals surface area contributed by atoms with Gasteiger partial charge in [0.2, 0.25) is 0 Å². The van der Waals surface area contributed by atoms with Crippen LogP contribution in [0, 0.1) is 0 Å². The van der Waals surface area contributed by atoms with Crippen molar-refractivity contribution in [2.24, 2.45) is 0 Å². The second-order valence-electron chi connectivity index (χ2n) is 0. The molecule has 0 heterocycles. The van der Waals surface area contributed by atoms with Crippen LogP contribution in [0.4, 0.5) is 0 Å². The Morgan fingerprint density at radius 1 is 0.625 bits per heavy atom. The molecule has 0 bridgehead atoms. The van der Waals surface area contributed by atoms with Gasteiger partial charge >= 0.3 is 0 Å². The standard InChI is InChI=1S/3CH2O.HI.Ir/c3*1-2;;/h3*1H2;1H;/p-1. The summed E-state index contributed by atoms with van der Waals surface area (Å²) in [7, 11) is 0. The molecule has 0 aliphatic heterocycles. The minimum absolute atomic E-state index is 0. The van der Waals surface area contributed by atoms with E-state index >= 15 is 0 Å². The Labute approximate surface area is 78.6 Å². The van der Waals surface area contributed by atoms with Gasteiger partial charge in [-0.25, -0.2) is 0 Å². The summed E-state index contributed by atoms with van der Waals surface area (Å²) in [5.74, 6) is 0. The third-order valence-electron chi connectivity index (χ3n) is 0. The summed E-state index contributed by atoms with van der Waals surface area (Å²) in [6.07, 6.45) is 0. The van der Waals surface area contributed by atoms with Crippen LogP contribution in [0.25, 0.3) is 0 Å². The van der Waals surface area contributed by atoms with Crippen LogP contribution in [0.2, 0.25) is 0 Å². The molecule has 0 spiro atoms. The van der Waals surface area contributed by atoms with Crippen LogP contribution in [0.1, 0.15) is 0 Å². The minimum Gasteiger partial charge on any atom is -1.00 e. The number of rotatable bonds is 0. The van der Waals surface area contributed by atoms with Gasteiger partial charge in [0.1, 0.15) is 20.4 Å². The molecule has 53 valence electrons. The van der Waals surface area contributed by atoms with Gasteiger partial charge in [-0.1, -0.05) is 0 Å². The molecule has 0 aliphatic carbocycles. The predicted molar refractivity (Wildman–Crippen MR) is 21.4 cm³/mol. The first-order chi connectivity index (χ1) is 3.00. The topological polar surface area (TPSA) is 51.2 Å². The summed E-state index contributed by atoms with van der Waals surface area (Å²) >= 11 is 0. The molecule has 0 aromatic carbocycles. The average molecular weight is 409 g/mol. The third-order valence-corrected chi connectivity index (χ3v) is 0. The molecule has 0 aromatic rings. The van der Waals surface area contributed by atoms with Gasteiger partial charge in [-0.05, 0) is 0 Å². The number of carbonyl (C=O) groups is 3. The second kappa shape index (κ2) is 1990. The first kappa shape index (κ1) is 39.9. The molecule has 0 atom stereocenters. The van der Waals surface area contributed by atoms with E-state index in [0.29, 0.717) is 0 Å². The van der Waals surface area contributed by atoms with Crippen LogP contribution in [0.5, 0.6) is 0 Å². The van der Waals surface area contributed by atoms with E-state index in [1.807, 2.05) is 20.4 Å². The van der Waals surface area contributed by atoms with Crippen LogP contribution in [0.3, 0.4) is 0 Å². The molecule has 0 aromatic heterocycles. The zero-order chi connectivity index (χ0) is 6.00. The van der Waals surface area contributed by atoms with Gasteiger partial charge in [0.25, 0.3) is 0 Å². The molecular weight excluding hydrogens is 403 g/mol. The maximum Gasteiger partial charge on any atom is 0.106 e. The summed E-state index contributed by atoms with van der Waals surface area (Å²) in [4.78, 5) is 24.0. The van der Waals surface area contributed by atoms with Crippen molar-refractivity contribution in [1.29, 1.82) is 0 Å². The van der Waals surface area contributed by atoms with E-state index in [1.165, 1.54) is 0 Å². The fraction of sp³-hybridized carbons (Fsp3) is 0. The molecular formula is C3H6IIrO3-. The van der Waals surface area contributed by atoms with Crippen molar-refractivity contribution in [1.82, 2.24) is 0 Å². The van der Waals surface area contributed by atoms with Crippen LogP contribution < -0.4 is 24.0 Å². The summed E-state index contributed by atoms with van der Waals surface area (Å²) in [6.45, 7) is 6.00. The quantitative estimate of drug-likeness (QED) is 0.390. The van der Waals surface area contributed by atoms with Gasteiger partial charge in [0.05, 0.1) is 0 Å². The summed E-state index contributed by atoms with van der Waals surface area (Å²) in [5.41, 5.74) is 0. The van der Waals surface area contributed by atoms with Crippen molar-refractivity contribution in [3.05, 3.63) is 0 Å². The molecule has 0 saturated heterocycles. The largest absolute Gasteiger partial charge is 1.00 e. The van der Waals surface area contributed by atoms with Crippen molar-refractivity contribution < 1.29 is 58.5 Å². The van der Waals surface area contributed by atoms with Crippen molar-refractivity contribution in [3.63, 3.8) is 0 Å². The normalized spacial score (nSPS) is 1.50.